The van der Waals surface area contributed by atoms with Crippen molar-refractivity contribution in [2.75, 3.05) is 0 Å². The van der Waals surface area contributed by atoms with Gasteiger partial charge in [-0.3, -0.25) is 0 Å². The van der Waals surface area contributed by atoms with Crippen molar-refractivity contribution in [2.45, 2.75) is 6.18 Å². The molecule has 0 spiro atoms. The Labute approximate surface area is 89.7 Å². The highest BCUT2D eigenvalue weighted by molar-refractivity contribution is 9.10. The molecule has 80 valence electrons. The molecule has 1 aromatic carbocycles. The van der Waals surface area contributed by atoms with Crippen LogP contribution in [0.4, 0.5) is 23.2 Å². The van der Waals surface area contributed by atoms with Gasteiger partial charge < -0.3 is 0 Å². The summed E-state index contributed by atoms with van der Waals surface area (Å²) in [5.74, 6) is -1.60. The highest BCUT2D eigenvalue weighted by Gasteiger charge is 2.37. The number of isocyanates is 1. The first-order valence-electron chi connectivity index (χ1n) is 3.51. The first kappa shape index (κ1) is 11.9. The molecule has 7 heteroatoms. The fourth-order valence-corrected chi connectivity index (χ4v) is 1.47. The lowest BCUT2D eigenvalue weighted by Crippen LogP contribution is -2.09. The minimum atomic E-state index is -4.85. The van der Waals surface area contributed by atoms with Gasteiger partial charge in [0.25, 0.3) is 0 Å². The van der Waals surface area contributed by atoms with Gasteiger partial charge >= 0.3 is 6.18 Å². The van der Waals surface area contributed by atoms with Crippen LogP contribution in [0.3, 0.4) is 0 Å². The summed E-state index contributed by atoms with van der Waals surface area (Å²) in [6.45, 7) is 0. The van der Waals surface area contributed by atoms with Gasteiger partial charge in [0, 0.05) is 4.47 Å². The largest absolute Gasteiger partial charge is 0.420 e. The van der Waals surface area contributed by atoms with Crippen molar-refractivity contribution in [2.24, 2.45) is 4.99 Å². The minimum Gasteiger partial charge on any atom is -0.211 e. The van der Waals surface area contributed by atoms with E-state index >= 15 is 0 Å². The van der Waals surface area contributed by atoms with E-state index in [4.69, 9.17) is 0 Å². The highest BCUT2D eigenvalue weighted by Crippen LogP contribution is 2.39. The molecule has 0 aliphatic carbocycles. The number of rotatable bonds is 1. The Morgan fingerprint density at radius 2 is 1.93 bits per heavy atom. The van der Waals surface area contributed by atoms with E-state index in [2.05, 4.69) is 20.9 Å². The zero-order chi connectivity index (χ0) is 11.6. The van der Waals surface area contributed by atoms with Gasteiger partial charge in [-0.1, -0.05) is 15.9 Å². The Morgan fingerprint density at radius 1 is 1.33 bits per heavy atom. The van der Waals surface area contributed by atoms with Crippen LogP contribution >= 0.6 is 15.9 Å². The normalized spacial score (nSPS) is 11.0. The first-order valence-corrected chi connectivity index (χ1v) is 4.30. The zero-order valence-electron chi connectivity index (χ0n) is 6.90. The quantitative estimate of drug-likeness (QED) is 0.440. The molecule has 1 rings (SSSR count). The molecule has 0 aromatic heterocycles. The Morgan fingerprint density at radius 3 is 2.40 bits per heavy atom. The van der Waals surface area contributed by atoms with E-state index in [1.807, 2.05) is 0 Å². The van der Waals surface area contributed by atoms with Crippen molar-refractivity contribution in [1.82, 2.24) is 0 Å². The molecular formula is C8H2BrF4NO. The predicted molar refractivity (Wildman–Crippen MR) is 46.9 cm³/mol. The van der Waals surface area contributed by atoms with Gasteiger partial charge in [-0.15, -0.1) is 0 Å². The van der Waals surface area contributed by atoms with Gasteiger partial charge in [0.15, 0.2) is 5.82 Å². The zero-order valence-corrected chi connectivity index (χ0v) is 8.49. The van der Waals surface area contributed by atoms with Crippen LogP contribution in [0.5, 0.6) is 0 Å². The maximum atomic E-state index is 13.2. The second kappa shape index (κ2) is 4.12. The third-order valence-electron chi connectivity index (χ3n) is 1.52. The molecule has 0 fully saturated rings. The van der Waals surface area contributed by atoms with Gasteiger partial charge in [0.2, 0.25) is 6.08 Å². The molecule has 0 saturated heterocycles. The van der Waals surface area contributed by atoms with Gasteiger partial charge in [0.05, 0.1) is 0 Å². The summed E-state index contributed by atoms with van der Waals surface area (Å²) in [5.41, 5.74) is -2.18. The van der Waals surface area contributed by atoms with Crippen LogP contribution in [-0.2, 0) is 11.0 Å². The number of aliphatic imine (C=N–C) groups is 1. The maximum Gasteiger partial charge on any atom is 0.420 e. The molecule has 2 nitrogen and oxygen atoms in total. The lowest BCUT2D eigenvalue weighted by molar-refractivity contribution is -0.140. The number of carbonyl (C=O) groups excluding carboxylic acids is 1. The summed E-state index contributed by atoms with van der Waals surface area (Å²) in [4.78, 5) is 12.6. The number of alkyl halides is 3. The average molecular weight is 284 g/mol. The summed E-state index contributed by atoms with van der Waals surface area (Å²) < 4.78 is 49.7. The molecule has 0 bridgehead atoms. The monoisotopic (exact) mass is 283 g/mol. The third kappa shape index (κ3) is 2.43. The van der Waals surface area contributed by atoms with Crippen LogP contribution in [0.25, 0.3) is 0 Å². The standard InChI is InChI=1S/C8H2BrF4NO/c9-4-1-2-5(14-3-15)7(10)6(4)8(11,12)13/h1-2H. The average Bonchev–Trinajstić information content (AvgIpc) is 2.08. The van der Waals surface area contributed by atoms with Gasteiger partial charge in [-0.2, -0.15) is 18.2 Å². The number of benzene rings is 1. The predicted octanol–water partition coefficient (Wildman–Crippen LogP) is 3.57. The van der Waals surface area contributed by atoms with Crippen molar-refractivity contribution in [1.29, 1.82) is 0 Å². The lowest BCUT2D eigenvalue weighted by Gasteiger charge is -2.10. The Balaban J connectivity index is 3.50. The summed E-state index contributed by atoms with van der Waals surface area (Å²) >= 11 is 2.57. The van der Waals surface area contributed by atoms with Crippen LogP contribution in [0.1, 0.15) is 5.56 Å². The van der Waals surface area contributed by atoms with Crippen LogP contribution in [0.15, 0.2) is 21.6 Å². The van der Waals surface area contributed by atoms with Crippen molar-refractivity contribution in [3.05, 3.63) is 28.0 Å². The fourth-order valence-electron chi connectivity index (χ4n) is 0.937. The molecule has 0 N–H and O–H groups in total. The molecule has 0 heterocycles. The molecule has 0 saturated carbocycles. The van der Waals surface area contributed by atoms with E-state index in [1.165, 1.54) is 0 Å². The van der Waals surface area contributed by atoms with E-state index in [0.29, 0.717) is 0 Å². The van der Waals surface area contributed by atoms with E-state index in [0.717, 1.165) is 18.2 Å². The van der Waals surface area contributed by atoms with Gasteiger partial charge in [-0.05, 0) is 12.1 Å². The maximum absolute atomic E-state index is 13.2. The molecule has 0 amide bonds. The molecule has 0 atom stereocenters. The number of hydrogen-bond donors (Lipinski definition) is 0. The smallest absolute Gasteiger partial charge is 0.211 e. The molecule has 1 aromatic rings. The Kier molecular flexibility index (Phi) is 3.26. The summed E-state index contributed by atoms with van der Waals surface area (Å²) in [6.07, 6.45) is -3.87. The topological polar surface area (TPSA) is 29.4 Å². The van der Waals surface area contributed by atoms with Crippen LogP contribution in [0.2, 0.25) is 0 Å². The van der Waals surface area contributed by atoms with Crippen LogP contribution in [0, 0.1) is 5.82 Å². The second-order valence-corrected chi connectivity index (χ2v) is 3.31. The number of nitrogens with zero attached hydrogens (tertiary/aromatic N) is 1. The van der Waals surface area contributed by atoms with E-state index < -0.39 is 27.7 Å². The molecule has 0 radical (unpaired) electrons. The first-order chi connectivity index (χ1) is 6.88. The van der Waals surface area contributed by atoms with Gasteiger partial charge in [0.1, 0.15) is 11.3 Å². The molecule has 0 aliphatic heterocycles. The van der Waals surface area contributed by atoms with Gasteiger partial charge in [-0.25, -0.2) is 9.18 Å². The lowest BCUT2D eigenvalue weighted by atomic mass is 10.2. The minimum absolute atomic E-state index is 0.447. The summed E-state index contributed by atoms with van der Waals surface area (Å²) in [6, 6.07) is 1.90. The third-order valence-corrected chi connectivity index (χ3v) is 2.18. The van der Waals surface area contributed by atoms with E-state index in [9.17, 15) is 22.4 Å². The summed E-state index contributed by atoms with van der Waals surface area (Å²) in [7, 11) is 0. The van der Waals surface area contributed by atoms with Crippen molar-refractivity contribution in [3.63, 3.8) is 0 Å². The highest BCUT2D eigenvalue weighted by atomic mass is 79.9. The molecule has 0 unspecified atom stereocenters. The van der Waals surface area contributed by atoms with Crippen molar-refractivity contribution in [3.8, 4) is 0 Å². The van der Waals surface area contributed by atoms with Crippen LogP contribution in [-0.4, -0.2) is 6.08 Å². The van der Waals surface area contributed by atoms with Crippen LogP contribution < -0.4 is 0 Å². The Hall–Kier alpha value is -1.20. The van der Waals surface area contributed by atoms with Crippen molar-refractivity contribution >= 4 is 27.7 Å². The summed E-state index contributed by atoms with van der Waals surface area (Å²) in [5, 5.41) is 0. The fraction of sp³-hybridized carbons (Fsp3) is 0.125. The molecular weight excluding hydrogens is 282 g/mol. The Bertz CT molecular complexity index is 437. The second-order valence-electron chi connectivity index (χ2n) is 2.46. The van der Waals surface area contributed by atoms with E-state index in [1.54, 1.807) is 0 Å². The van der Waals surface area contributed by atoms with E-state index in [-0.39, 0.29) is 0 Å². The molecule has 15 heavy (non-hydrogen) atoms. The molecule has 0 aliphatic rings. The number of halogens is 5. The SMILES string of the molecule is O=C=Nc1ccc(Br)c(C(F)(F)F)c1F. The van der Waals surface area contributed by atoms with Crippen molar-refractivity contribution < 1.29 is 22.4 Å². The number of hydrogen-bond acceptors (Lipinski definition) is 2.